The van der Waals surface area contributed by atoms with E-state index in [4.69, 9.17) is 0 Å². The molecule has 126 valence electrons. The summed E-state index contributed by atoms with van der Waals surface area (Å²) in [5, 5.41) is 7.32. The van der Waals surface area contributed by atoms with Crippen LogP contribution in [0.5, 0.6) is 0 Å². The van der Waals surface area contributed by atoms with Crippen molar-refractivity contribution in [2.75, 3.05) is 25.5 Å². The van der Waals surface area contributed by atoms with Crippen LogP contribution < -0.4 is 15.6 Å². The second-order valence-corrected chi connectivity index (χ2v) is 6.97. The summed E-state index contributed by atoms with van der Waals surface area (Å²) in [6, 6.07) is 6.44. The Labute approximate surface area is 146 Å². The molecule has 1 aliphatic carbocycles. The first-order valence-electron chi connectivity index (χ1n) is 8.08. The normalized spacial score (nSPS) is 15.8. The molecule has 1 aliphatic rings. The maximum absolute atomic E-state index is 11.8. The van der Waals surface area contributed by atoms with Gasteiger partial charge in [0.15, 0.2) is 0 Å². The second-order valence-electron chi connectivity index (χ2n) is 6.11. The van der Waals surface area contributed by atoms with Gasteiger partial charge in [-0.25, -0.2) is 5.43 Å². The second kappa shape index (κ2) is 9.03. The van der Waals surface area contributed by atoms with Gasteiger partial charge in [-0.15, -0.1) is 0 Å². The predicted molar refractivity (Wildman–Crippen MR) is 99.1 cm³/mol. The van der Waals surface area contributed by atoms with Gasteiger partial charge in [-0.05, 0) is 46.5 Å². The molecule has 0 bridgehead atoms. The summed E-state index contributed by atoms with van der Waals surface area (Å²) in [4.78, 5) is 13.8. The van der Waals surface area contributed by atoms with Crippen LogP contribution in [0.2, 0.25) is 0 Å². The Balaban J connectivity index is 1.77. The standard InChI is InChI=1S/C17H25BrN4O/c1-22(2)16-9-8-13(10-15(16)18)11-20-21-17(23)12-19-14-6-4-3-5-7-14/h8-11,14,19H,3-7,12H2,1-2H3,(H,21,23)/b20-11-. The third-order valence-electron chi connectivity index (χ3n) is 4.01. The zero-order chi connectivity index (χ0) is 16.7. The third-order valence-corrected chi connectivity index (χ3v) is 4.65. The van der Waals surface area contributed by atoms with Crippen LogP contribution in [0.1, 0.15) is 37.7 Å². The van der Waals surface area contributed by atoms with Crippen molar-refractivity contribution in [3.8, 4) is 0 Å². The number of hydrogen-bond donors (Lipinski definition) is 2. The van der Waals surface area contributed by atoms with Gasteiger partial charge < -0.3 is 10.2 Å². The molecule has 23 heavy (non-hydrogen) atoms. The first kappa shape index (κ1) is 17.9. The topological polar surface area (TPSA) is 56.7 Å². The molecule has 1 saturated carbocycles. The zero-order valence-electron chi connectivity index (χ0n) is 13.8. The minimum Gasteiger partial charge on any atom is -0.377 e. The number of carbonyl (C=O) groups is 1. The molecule has 1 aromatic rings. The molecule has 0 saturated heterocycles. The Kier molecular flexibility index (Phi) is 7.05. The van der Waals surface area contributed by atoms with Gasteiger partial charge in [-0.2, -0.15) is 5.10 Å². The van der Waals surface area contributed by atoms with Crippen LogP contribution in [-0.2, 0) is 4.79 Å². The smallest absolute Gasteiger partial charge is 0.254 e. The number of hydrazone groups is 1. The van der Waals surface area contributed by atoms with E-state index in [0.717, 1.165) is 15.7 Å². The van der Waals surface area contributed by atoms with E-state index in [1.807, 2.05) is 37.2 Å². The summed E-state index contributed by atoms with van der Waals surface area (Å²) in [7, 11) is 3.99. The van der Waals surface area contributed by atoms with Gasteiger partial charge in [0.05, 0.1) is 18.4 Å². The molecule has 0 atom stereocenters. The number of benzene rings is 1. The number of rotatable bonds is 6. The van der Waals surface area contributed by atoms with Crippen LogP contribution in [0, 0.1) is 0 Å². The Bertz CT molecular complexity index is 554. The lowest BCUT2D eigenvalue weighted by atomic mass is 9.95. The van der Waals surface area contributed by atoms with Gasteiger partial charge in [-0.1, -0.05) is 25.3 Å². The summed E-state index contributed by atoms with van der Waals surface area (Å²) >= 11 is 3.54. The van der Waals surface area contributed by atoms with Crippen LogP contribution in [-0.4, -0.2) is 38.8 Å². The van der Waals surface area contributed by atoms with Gasteiger partial charge in [0.2, 0.25) is 0 Å². The summed E-state index contributed by atoms with van der Waals surface area (Å²) in [5.74, 6) is -0.101. The number of anilines is 1. The molecule has 1 aromatic carbocycles. The molecule has 0 spiro atoms. The number of carbonyl (C=O) groups excluding carboxylic acids is 1. The van der Waals surface area contributed by atoms with E-state index in [9.17, 15) is 4.79 Å². The van der Waals surface area contributed by atoms with Crippen molar-refractivity contribution in [2.45, 2.75) is 38.1 Å². The van der Waals surface area contributed by atoms with E-state index in [1.54, 1.807) is 6.21 Å². The molecule has 0 unspecified atom stereocenters. The number of nitrogens with one attached hydrogen (secondary N) is 2. The average Bonchev–Trinajstić information content (AvgIpc) is 2.53. The number of halogens is 1. The lowest BCUT2D eigenvalue weighted by Gasteiger charge is -2.22. The van der Waals surface area contributed by atoms with Crippen LogP contribution in [0.3, 0.4) is 0 Å². The fraction of sp³-hybridized carbons (Fsp3) is 0.529. The van der Waals surface area contributed by atoms with E-state index in [1.165, 1.54) is 32.1 Å². The SMILES string of the molecule is CN(C)c1ccc(/C=N\NC(=O)CNC2CCCCC2)cc1Br. The largest absolute Gasteiger partial charge is 0.377 e. The van der Waals surface area contributed by atoms with Gasteiger partial charge in [0, 0.05) is 24.6 Å². The van der Waals surface area contributed by atoms with Crippen LogP contribution >= 0.6 is 15.9 Å². The van der Waals surface area contributed by atoms with Gasteiger partial charge in [0.25, 0.3) is 5.91 Å². The molecule has 1 fully saturated rings. The van der Waals surface area contributed by atoms with E-state index in [-0.39, 0.29) is 5.91 Å². The van der Waals surface area contributed by atoms with E-state index in [2.05, 4.69) is 31.8 Å². The number of nitrogens with zero attached hydrogens (tertiary/aromatic N) is 2. The maximum Gasteiger partial charge on any atom is 0.254 e. The van der Waals surface area contributed by atoms with Gasteiger partial charge >= 0.3 is 0 Å². The van der Waals surface area contributed by atoms with Crippen molar-refractivity contribution in [1.82, 2.24) is 10.7 Å². The lowest BCUT2D eigenvalue weighted by molar-refractivity contribution is -0.120. The average molecular weight is 381 g/mol. The quantitative estimate of drug-likeness (QED) is 0.589. The predicted octanol–water partition coefficient (Wildman–Crippen LogP) is 2.89. The molecular weight excluding hydrogens is 356 g/mol. The van der Waals surface area contributed by atoms with Crippen molar-refractivity contribution < 1.29 is 4.79 Å². The first-order valence-corrected chi connectivity index (χ1v) is 8.87. The van der Waals surface area contributed by atoms with Gasteiger partial charge in [-0.3, -0.25) is 4.79 Å². The van der Waals surface area contributed by atoms with Crippen molar-refractivity contribution in [1.29, 1.82) is 0 Å². The molecule has 0 heterocycles. The van der Waals surface area contributed by atoms with Crippen molar-refractivity contribution in [3.63, 3.8) is 0 Å². The van der Waals surface area contributed by atoms with E-state index >= 15 is 0 Å². The Morgan fingerprint density at radius 2 is 2.09 bits per heavy atom. The van der Waals surface area contributed by atoms with Crippen LogP contribution in [0.15, 0.2) is 27.8 Å². The van der Waals surface area contributed by atoms with Crippen molar-refractivity contribution >= 4 is 33.7 Å². The minimum atomic E-state index is -0.101. The molecule has 2 N–H and O–H groups in total. The monoisotopic (exact) mass is 380 g/mol. The summed E-state index contributed by atoms with van der Waals surface area (Å²) in [5.41, 5.74) is 4.60. The number of amides is 1. The summed E-state index contributed by atoms with van der Waals surface area (Å²) in [6.45, 7) is 0.325. The fourth-order valence-electron chi connectivity index (χ4n) is 2.73. The Hall–Kier alpha value is -1.40. The molecule has 0 aromatic heterocycles. The zero-order valence-corrected chi connectivity index (χ0v) is 15.4. The van der Waals surface area contributed by atoms with Crippen molar-refractivity contribution in [2.24, 2.45) is 5.10 Å². The van der Waals surface area contributed by atoms with E-state index < -0.39 is 0 Å². The summed E-state index contributed by atoms with van der Waals surface area (Å²) < 4.78 is 0.997. The highest BCUT2D eigenvalue weighted by molar-refractivity contribution is 9.10. The minimum absolute atomic E-state index is 0.101. The lowest BCUT2D eigenvalue weighted by Crippen LogP contribution is -2.38. The maximum atomic E-state index is 11.8. The number of hydrogen-bond acceptors (Lipinski definition) is 4. The van der Waals surface area contributed by atoms with Crippen molar-refractivity contribution in [3.05, 3.63) is 28.2 Å². The van der Waals surface area contributed by atoms with Crippen LogP contribution in [0.4, 0.5) is 5.69 Å². The highest BCUT2D eigenvalue weighted by Crippen LogP contribution is 2.25. The van der Waals surface area contributed by atoms with Crippen LogP contribution in [0.25, 0.3) is 0 Å². The Morgan fingerprint density at radius 1 is 1.35 bits per heavy atom. The van der Waals surface area contributed by atoms with E-state index in [0.29, 0.717) is 12.6 Å². The molecule has 6 heteroatoms. The highest BCUT2D eigenvalue weighted by atomic mass is 79.9. The highest BCUT2D eigenvalue weighted by Gasteiger charge is 2.13. The van der Waals surface area contributed by atoms with Gasteiger partial charge in [0.1, 0.15) is 0 Å². The summed E-state index contributed by atoms with van der Waals surface area (Å²) in [6.07, 6.45) is 7.83. The third kappa shape index (κ3) is 5.95. The Morgan fingerprint density at radius 3 is 2.74 bits per heavy atom. The molecule has 0 aliphatic heterocycles. The molecule has 5 nitrogen and oxygen atoms in total. The first-order chi connectivity index (χ1) is 11.1. The molecule has 0 radical (unpaired) electrons. The fourth-order valence-corrected chi connectivity index (χ4v) is 3.48. The molecule has 2 rings (SSSR count). The molecular formula is C17H25BrN4O. The molecule has 1 amide bonds.